The van der Waals surface area contributed by atoms with E-state index in [1.54, 1.807) is 13.4 Å². The molecule has 0 atom stereocenters. The number of anilines is 3. The van der Waals surface area contributed by atoms with E-state index in [-0.39, 0.29) is 0 Å². The van der Waals surface area contributed by atoms with Crippen LogP contribution in [0.2, 0.25) is 5.02 Å². The minimum atomic E-state index is 0.561. The van der Waals surface area contributed by atoms with Crippen LogP contribution in [0.1, 0.15) is 0 Å². The maximum Gasteiger partial charge on any atom is 0.137 e. The van der Waals surface area contributed by atoms with Gasteiger partial charge in [-0.15, -0.1) is 0 Å². The van der Waals surface area contributed by atoms with Gasteiger partial charge in [0.1, 0.15) is 23.7 Å². The van der Waals surface area contributed by atoms with Gasteiger partial charge in [-0.2, -0.15) is 0 Å². The summed E-state index contributed by atoms with van der Waals surface area (Å²) < 4.78 is 5.16. The summed E-state index contributed by atoms with van der Waals surface area (Å²) in [7, 11) is 3.73. The Hall–Kier alpha value is -2.05. The van der Waals surface area contributed by atoms with Gasteiger partial charge in [0.15, 0.2) is 0 Å². The van der Waals surface area contributed by atoms with Gasteiger partial charge in [-0.3, -0.25) is 0 Å². The van der Waals surface area contributed by atoms with Crippen molar-refractivity contribution in [3.63, 3.8) is 0 Å². The number of nitrogens with one attached hydrogen (secondary N) is 1. The summed E-state index contributed by atoms with van der Waals surface area (Å²) >= 11 is 6.15. The zero-order valence-corrected chi connectivity index (χ0v) is 14.0. The molecule has 23 heavy (non-hydrogen) atoms. The SMILES string of the molecule is COc1ccc(Nc2cc(N3CCN(C)CC3)ncn2)cc1Cl. The molecule has 1 aliphatic heterocycles. The molecule has 1 aliphatic rings. The molecule has 1 saturated heterocycles. The van der Waals surface area contributed by atoms with Crippen LogP contribution < -0.4 is 15.0 Å². The minimum absolute atomic E-state index is 0.561. The Balaban J connectivity index is 1.73. The molecule has 0 saturated carbocycles. The van der Waals surface area contributed by atoms with E-state index in [1.165, 1.54) is 0 Å². The average molecular weight is 334 g/mol. The molecule has 2 heterocycles. The minimum Gasteiger partial charge on any atom is -0.495 e. The molecule has 0 aliphatic carbocycles. The van der Waals surface area contributed by atoms with E-state index < -0.39 is 0 Å². The molecule has 2 aromatic rings. The first kappa shape index (κ1) is 15.8. The third kappa shape index (κ3) is 3.83. The fourth-order valence-corrected chi connectivity index (χ4v) is 2.77. The zero-order valence-electron chi connectivity index (χ0n) is 13.3. The molecule has 0 bridgehead atoms. The largest absolute Gasteiger partial charge is 0.495 e. The number of hydrogen-bond donors (Lipinski definition) is 1. The molecule has 1 aromatic heterocycles. The molecule has 1 fully saturated rings. The van der Waals surface area contributed by atoms with Crippen molar-refractivity contribution >= 4 is 28.9 Å². The summed E-state index contributed by atoms with van der Waals surface area (Å²) in [5.41, 5.74) is 0.860. The van der Waals surface area contributed by atoms with Crippen molar-refractivity contribution in [2.75, 3.05) is 50.6 Å². The van der Waals surface area contributed by atoms with Crippen molar-refractivity contribution in [2.24, 2.45) is 0 Å². The molecule has 1 aromatic carbocycles. The molecule has 3 rings (SSSR count). The van der Waals surface area contributed by atoms with Gasteiger partial charge in [0.2, 0.25) is 0 Å². The van der Waals surface area contributed by atoms with Crippen LogP contribution in [0.4, 0.5) is 17.3 Å². The molecule has 6 nitrogen and oxygen atoms in total. The lowest BCUT2D eigenvalue weighted by Crippen LogP contribution is -2.44. The highest BCUT2D eigenvalue weighted by Gasteiger charge is 2.15. The van der Waals surface area contributed by atoms with Gasteiger partial charge >= 0.3 is 0 Å². The molecular weight excluding hydrogens is 314 g/mol. The first-order valence-corrected chi connectivity index (χ1v) is 7.89. The lowest BCUT2D eigenvalue weighted by atomic mass is 10.3. The summed E-state index contributed by atoms with van der Waals surface area (Å²) in [6.45, 7) is 4.03. The van der Waals surface area contributed by atoms with Crippen molar-refractivity contribution in [1.82, 2.24) is 14.9 Å². The predicted molar refractivity (Wildman–Crippen MR) is 93.0 cm³/mol. The molecule has 0 amide bonds. The topological polar surface area (TPSA) is 53.5 Å². The summed E-state index contributed by atoms with van der Waals surface area (Å²) in [5, 5.41) is 3.82. The highest BCUT2D eigenvalue weighted by molar-refractivity contribution is 6.32. The van der Waals surface area contributed by atoms with Crippen LogP contribution in [0.5, 0.6) is 5.75 Å². The van der Waals surface area contributed by atoms with E-state index in [2.05, 4.69) is 32.1 Å². The molecular formula is C16H20ClN5O. The molecule has 0 unspecified atom stereocenters. The van der Waals surface area contributed by atoms with Crippen LogP contribution in [0.15, 0.2) is 30.6 Å². The van der Waals surface area contributed by atoms with Gasteiger partial charge in [0.05, 0.1) is 12.1 Å². The zero-order chi connectivity index (χ0) is 16.2. The standard InChI is InChI=1S/C16H20ClN5O/c1-21-5-7-22(8-6-21)16-10-15(18-11-19-16)20-12-3-4-14(23-2)13(17)9-12/h3-4,9-11H,5-8H2,1-2H3,(H,18,19,20). The quantitative estimate of drug-likeness (QED) is 0.928. The number of rotatable bonds is 4. The fourth-order valence-electron chi connectivity index (χ4n) is 2.52. The number of nitrogens with zero attached hydrogens (tertiary/aromatic N) is 4. The second kappa shape index (κ2) is 7.02. The smallest absolute Gasteiger partial charge is 0.137 e. The van der Waals surface area contributed by atoms with Crippen LogP contribution in [0.25, 0.3) is 0 Å². The van der Waals surface area contributed by atoms with Crippen molar-refractivity contribution in [3.05, 3.63) is 35.6 Å². The predicted octanol–water partition coefficient (Wildman–Crippen LogP) is 2.63. The first-order chi connectivity index (χ1) is 11.2. The third-order valence-corrected chi connectivity index (χ3v) is 4.20. The van der Waals surface area contributed by atoms with Gasteiger partial charge in [-0.25, -0.2) is 9.97 Å². The molecule has 0 spiro atoms. The van der Waals surface area contributed by atoms with E-state index in [4.69, 9.17) is 16.3 Å². The summed E-state index contributed by atoms with van der Waals surface area (Å²) in [6, 6.07) is 7.51. The molecule has 7 heteroatoms. The summed E-state index contributed by atoms with van der Waals surface area (Å²) in [4.78, 5) is 13.3. The second-order valence-electron chi connectivity index (χ2n) is 5.53. The van der Waals surface area contributed by atoms with Crippen molar-refractivity contribution < 1.29 is 4.74 Å². The molecule has 1 N–H and O–H groups in total. The Kier molecular flexibility index (Phi) is 4.83. The van der Waals surface area contributed by atoms with Crippen LogP contribution in [-0.4, -0.2) is 55.2 Å². The van der Waals surface area contributed by atoms with Crippen molar-refractivity contribution in [1.29, 1.82) is 0 Å². The van der Waals surface area contributed by atoms with Crippen LogP contribution in [0.3, 0.4) is 0 Å². The highest BCUT2D eigenvalue weighted by atomic mass is 35.5. The van der Waals surface area contributed by atoms with Gasteiger partial charge in [-0.05, 0) is 25.2 Å². The Labute approximate surface area is 141 Å². The van der Waals surface area contributed by atoms with Gasteiger partial charge in [0.25, 0.3) is 0 Å². The maximum atomic E-state index is 6.15. The van der Waals surface area contributed by atoms with Gasteiger partial charge in [-0.1, -0.05) is 11.6 Å². The number of aromatic nitrogens is 2. The van der Waals surface area contributed by atoms with Crippen molar-refractivity contribution in [3.8, 4) is 5.75 Å². The molecule has 122 valence electrons. The Morgan fingerprint density at radius 3 is 2.61 bits per heavy atom. The van der Waals surface area contributed by atoms with Crippen LogP contribution >= 0.6 is 11.6 Å². The Morgan fingerprint density at radius 2 is 1.91 bits per heavy atom. The Bertz CT molecular complexity index is 673. The number of piperazine rings is 1. The van der Waals surface area contributed by atoms with Crippen molar-refractivity contribution in [2.45, 2.75) is 0 Å². The normalized spacial score (nSPS) is 15.5. The third-order valence-electron chi connectivity index (χ3n) is 3.90. The van der Waals surface area contributed by atoms with E-state index >= 15 is 0 Å². The monoisotopic (exact) mass is 333 g/mol. The van der Waals surface area contributed by atoms with E-state index in [1.807, 2.05) is 24.3 Å². The average Bonchev–Trinajstić information content (AvgIpc) is 2.56. The lowest BCUT2D eigenvalue weighted by molar-refractivity contribution is 0.312. The maximum absolute atomic E-state index is 6.15. The van der Waals surface area contributed by atoms with Gasteiger partial charge in [0, 0.05) is 37.9 Å². The summed E-state index contributed by atoms with van der Waals surface area (Å²) in [5.74, 6) is 2.34. The second-order valence-corrected chi connectivity index (χ2v) is 5.93. The lowest BCUT2D eigenvalue weighted by Gasteiger charge is -2.33. The first-order valence-electron chi connectivity index (χ1n) is 7.52. The number of halogens is 1. The van der Waals surface area contributed by atoms with Crippen LogP contribution in [-0.2, 0) is 0 Å². The highest BCUT2D eigenvalue weighted by Crippen LogP contribution is 2.28. The van der Waals surface area contributed by atoms with Crippen LogP contribution in [0, 0.1) is 0 Å². The van der Waals surface area contributed by atoms with E-state index in [0.717, 1.165) is 43.5 Å². The fraction of sp³-hybridized carbons (Fsp3) is 0.375. The summed E-state index contributed by atoms with van der Waals surface area (Å²) in [6.07, 6.45) is 1.58. The number of hydrogen-bond acceptors (Lipinski definition) is 6. The number of benzene rings is 1. The van der Waals surface area contributed by atoms with E-state index in [9.17, 15) is 0 Å². The van der Waals surface area contributed by atoms with E-state index in [0.29, 0.717) is 10.8 Å². The van der Waals surface area contributed by atoms with Gasteiger partial charge < -0.3 is 19.9 Å². The molecule has 0 radical (unpaired) electrons. The Morgan fingerprint density at radius 1 is 1.13 bits per heavy atom. The number of ether oxygens (including phenoxy) is 1. The number of methoxy groups -OCH3 is 1. The number of likely N-dealkylation sites (N-methyl/N-ethyl adjacent to an activating group) is 1.